The largest absolute Gasteiger partial charge is 0.385 e. The molecule has 0 unspecified atom stereocenters. The second-order valence-corrected chi connectivity index (χ2v) is 7.86. The average Bonchev–Trinajstić information content (AvgIpc) is 2.61. The quantitative estimate of drug-likeness (QED) is 0.571. The molecule has 0 amide bonds. The highest BCUT2D eigenvalue weighted by molar-refractivity contribution is 6.30. The van der Waals surface area contributed by atoms with E-state index in [4.69, 9.17) is 17.3 Å². The second-order valence-electron chi connectivity index (χ2n) is 7.42. The van der Waals surface area contributed by atoms with E-state index in [2.05, 4.69) is 9.98 Å². The van der Waals surface area contributed by atoms with Gasteiger partial charge < -0.3 is 5.73 Å². The number of carbonyl (C=O) groups is 1. The number of Topliss-reactive ketones (excluding diaryl/α,β-unsaturated/α-hetero) is 1. The Morgan fingerprint density at radius 1 is 1.21 bits per heavy atom. The third-order valence-electron chi connectivity index (χ3n) is 5.08. The molecule has 0 fully saturated rings. The molecule has 2 aromatic rings. The summed E-state index contributed by atoms with van der Waals surface area (Å²) < 4.78 is 58.5. The van der Waals surface area contributed by atoms with Crippen molar-refractivity contribution in [2.75, 3.05) is 0 Å². The van der Waals surface area contributed by atoms with Crippen molar-refractivity contribution in [1.29, 1.82) is 0 Å². The monoisotopic (exact) mass is 427 g/mol. The number of rotatable bonds is 4. The van der Waals surface area contributed by atoms with Crippen LogP contribution in [0.15, 0.2) is 41.5 Å². The molecule has 1 aliphatic rings. The molecule has 0 saturated carbocycles. The number of ketones is 1. The van der Waals surface area contributed by atoms with E-state index >= 15 is 0 Å². The fraction of sp³-hybridized carbons (Fsp3) is 0.350. The Balaban J connectivity index is 2.00. The van der Waals surface area contributed by atoms with Crippen LogP contribution in [0.3, 0.4) is 0 Å². The van der Waals surface area contributed by atoms with Gasteiger partial charge in [0.15, 0.2) is 17.0 Å². The number of aromatic nitrogens is 1. The molecule has 29 heavy (non-hydrogen) atoms. The summed E-state index contributed by atoms with van der Waals surface area (Å²) in [6.45, 7) is 1.91. The summed E-state index contributed by atoms with van der Waals surface area (Å²) in [6.07, 6.45) is -0.132. The first-order valence-electron chi connectivity index (χ1n) is 8.72. The molecule has 0 bridgehead atoms. The molecule has 1 aliphatic heterocycles. The highest BCUT2D eigenvalue weighted by atomic mass is 35.5. The van der Waals surface area contributed by atoms with E-state index in [1.165, 1.54) is 24.4 Å². The molecule has 0 spiro atoms. The summed E-state index contributed by atoms with van der Waals surface area (Å²) in [5.74, 6) is -5.69. The summed E-state index contributed by atoms with van der Waals surface area (Å²) in [5.41, 5.74) is 0.578. The molecule has 9 heteroatoms. The van der Waals surface area contributed by atoms with Gasteiger partial charge in [0.2, 0.25) is 0 Å². The molecule has 2 atom stereocenters. The Kier molecular flexibility index (Phi) is 5.19. The first-order valence-corrected chi connectivity index (χ1v) is 9.10. The number of nitrogens with two attached hydrogens (primary N) is 1. The van der Waals surface area contributed by atoms with E-state index in [1.807, 2.05) is 0 Å². The zero-order chi connectivity index (χ0) is 21.6. The van der Waals surface area contributed by atoms with Crippen LogP contribution in [-0.2, 0) is 12.0 Å². The van der Waals surface area contributed by atoms with Gasteiger partial charge in [-0.15, -0.1) is 0 Å². The van der Waals surface area contributed by atoms with Crippen LogP contribution in [0.25, 0.3) is 0 Å². The number of alkyl halides is 3. The highest BCUT2D eigenvalue weighted by Gasteiger charge is 2.60. The summed E-state index contributed by atoms with van der Waals surface area (Å²) in [5, 5.41) is 0.355. The van der Waals surface area contributed by atoms with Gasteiger partial charge in [0.05, 0.1) is 11.4 Å². The molecule has 3 rings (SSSR count). The van der Waals surface area contributed by atoms with Crippen LogP contribution in [0, 0.1) is 5.82 Å². The topological polar surface area (TPSA) is 68.3 Å². The smallest absolute Gasteiger partial charge is 0.280 e. The van der Waals surface area contributed by atoms with Gasteiger partial charge >= 0.3 is 0 Å². The third kappa shape index (κ3) is 3.85. The Morgan fingerprint density at radius 2 is 1.90 bits per heavy atom. The lowest BCUT2D eigenvalue weighted by Gasteiger charge is -2.42. The molecule has 0 saturated heterocycles. The third-order valence-corrected chi connectivity index (χ3v) is 5.30. The van der Waals surface area contributed by atoms with Gasteiger partial charge in [-0.2, -0.15) is 0 Å². The fourth-order valence-electron chi connectivity index (χ4n) is 3.25. The normalized spacial score (nSPS) is 26.1. The number of nitrogens with zero attached hydrogens (tertiary/aromatic N) is 2. The molecule has 0 radical (unpaired) electrons. The van der Waals surface area contributed by atoms with Crippen LogP contribution in [0.4, 0.5) is 17.6 Å². The molecule has 4 nitrogen and oxygen atoms in total. The Bertz CT molecular complexity index is 992. The van der Waals surface area contributed by atoms with Gasteiger partial charge in [-0.05, 0) is 43.7 Å². The second kappa shape index (κ2) is 7.09. The number of halogens is 5. The standard InChI is InChI=1S/C20H18ClF4N3O/c1-18(23)10-20(24,25)19(2,28-17(18)26)13-7-11(3-5-14(13)22)8-16(29)15-6-4-12(21)9-27-15/h3-7,9H,8,10H2,1-2H3,(H2,26,28)/t18-,19+/m0/s1. The van der Waals surface area contributed by atoms with Crippen LogP contribution < -0.4 is 5.73 Å². The highest BCUT2D eigenvalue weighted by Crippen LogP contribution is 2.50. The van der Waals surface area contributed by atoms with Crippen molar-refractivity contribution in [1.82, 2.24) is 4.98 Å². The van der Waals surface area contributed by atoms with E-state index in [0.29, 0.717) is 5.02 Å². The maximum Gasteiger partial charge on any atom is 0.280 e. The van der Waals surface area contributed by atoms with Gasteiger partial charge in [-0.25, -0.2) is 17.6 Å². The van der Waals surface area contributed by atoms with Gasteiger partial charge in [-0.1, -0.05) is 17.7 Å². The van der Waals surface area contributed by atoms with Crippen LogP contribution >= 0.6 is 11.6 Å². The number of carbonyl (C=O) groups excluding carboxylic acids is 1. The molecular formula is C20H18ClF4N3O. The Hall–Kier alpha value is -2.48. The molecule has 154 valence electrons. The summed E-state index contributed by atoms with van der Waals surface area (Å²) >= 11 is 5.74. The zero-order valence-corrected chi connectivity index (χ0v) is 16.4. The lowest BCUT2D eigenvalue weighted by atomic mass is 9.77. The van der Waals surface area contributed by atoms with E-state index < -0.39 is 46.6 Å². The Morgan fingerprint density at radius 3 is 2.52 bits per heavy atom. The lowest BCUT2D eigenvalue weighted by molar-refractivity contribution is -0.106. The molecular weight excluding hydrogens is 410 g/mol. The predicted octanol–water partition coefficient (Wildman–Crippen LogP) is 4.64. The minimum absolute atomic E-state index is 0.130. The van der Waals surface area contributed by atoms with E-state index in [-0.39, 0.29) is 17.7 Å². The van der Waals surface area contributed by atoms with Crippen LogP contribution in [0.1, 0.15) is 41.9 Å². The van der Waals surface area contributed by atoms with Crippen molar-refractivity contribution < 1.29 is 22.4 Å². The average molecular weight is 428 g/mol. The van der Waals surface area contributed by atoms with Gasteiger partial charge in [0, 0.05) is 18.2 Å². The number of aliphatic imine (C=N–C) groups is 1. The summed E-state index contributed by atoms with van der Waals surface area (Å²) in [4.78, 5) is 20.0. The van der Waals surface area contributed by atoms with Crippen molar-refractivity contribution in [2.45, 2.75) is 43.8 Å². The van der Waals surface area contributed by atoms with Crippen molar-refractivity contribution in [3.8, 4) is 0 Å². The number of benzene rings is 1. The first-order chi connectivity index (χ1) is 13.4. The zero-order valence-electron chi connectivity index (χ0n) is 15.6. The molecule has 2 heterocycles. The lowest BCUT2D eigenvalue weighted by Crippen LogP contribution is -2.56. The number of pyridine rings is 1. The molecule has 1 aromatic heterocycles. The molecule has 2 N–H and O–H groups in total. The van der Waals surface area contributed by atoms with Gasteiger partial charge in [0.1, 0.15) is 17.3 Å². The van der Waals surface area contributed by atoms with Crippen molar-refractivity contribution >= 4 is 23.2 Å². The molecule has 1 aromatic carbocycles. The van der Waals surface area contributed by atoms with Crippen LogP contribution in [0.2, 0.25) is 5.02 Å². The SMILES string of the molecule is C[C@]1(F)CC(F)(F)[C@@](C)(c2cc(CC(=O)c3ccc(Cl)cn3)ccc2F)N=C1N. The maximum atomic E-state index is 14.8. The van der Waals surface area contributed by atoms with E-state index in [9.17, 15) is 22.4 Å². The van der Waals surface area contributed by atoms with Crippen molar-refractivity contribution in [3.63, 3.8) is 0 Å². The predicted molar refractivity (Wildman–Crippen MR) is 102 cm³/mol. The number of amidine groups is 1. The summed E-state index contributed by atoms with van der Waals surface area (Å²) in [7, 11) is 0. The minimum Gasteiger partial charge on any atom is -0.385 e. The van der Waals surface area contributed by atoms with Gasteiger partial charge in [0.25, 0.3) is 5.92 Å². The van der Waals surface area contributed by atoms with Crippen LogP contribution in [0.5, 0.6) is 0 Å². The number of hydrogen-bond acceptors (Lipinski definition) is 4. The molecule has 0 aliphatic carbocycles. The fourth-order valence-corrected chi connectivity index (χ4v) is 3.36. The number of hydrogen-bond donors (Lipinski definition) is 1. The van der Waals surface area contributed by atoms with Crippen molar-refractivity contribution in [3.05, 3.63) is 64.2 Å². The summed E-state index contributed by atoms with van der Waals surface area (Å²) in [6, 6.07) is 6.34. The van der Waals surface area contributed by atoms with Gasteiger partial charge in [-0.3, -0.25) is 14.8 Å². The van der Waals surface area contributed by atoms with E-state index in [1.54, 1.807) is 0 Å². The van der Waals surface area contributed by atoms with Crippen LogP contribution in [-0.4, -0.2) is 28.2 Å². The van der Waals surface area contributed by atoms with Crippen molar-refractivity contribution in [2.24, 2.45) is 10.7 Å². The minimum atomic E-state index is -3.71. The maximum absolute atomic E-state index is 14.8. The Labute approximate surface area is 169 Å². The first kappa shape index (κ1) is 21.2. The van der Waals surface area contributed by atoms with E-state index in [0.717, 1.165) is 26.0 Å².